The van der Waals surface area contributed by atoms with Gasteiger partial charge in [0.05, 0.1) is 6.61 Å². The minimum atomic E-state index is -0.0627. The number of rotatable bonds is 6. The predicted octanol–water partition coefficient (Wildman–Crippen LogP) is 4.16. The van der Waals surface area contributed by atoms with Gasteiger partial charge in [0.1, 0.15) is 11.5 Å². The van der Waals surface area contributed by atoms with E-state index in [9.17, 15) is 5.11 Å². The second-order valence-corrected chi connectivity index (χ2v) is 7.04. The molecule has 2 aromatic heterocycles. The molecular weight excluding hydrogens is 328 g/mol. The molecule has 138 valence electrons. The van der Waals surface area contributed by atoms with Gasteiger partial charge in [-0.05, 0) is 24.7 Å². The first kappa shape index (κ1) is 18.0. The van der Waals surface area contributed by atoms with Crippen LogP contribution in [-0.2, 0) is 0 Å². The average molecular weight is 354 g/mol. The van der Waals surface area contributed by atoms with E-state index < -0.39 is 0 Å². The van der Waals surface area contributed by atoms with E-state index in [0.29, 0.717) is 35.1 Å². The molecule has 6 heteroatoms. The van der Waals surface area contributed by atoms with E-state index in [4.69, 9.17) is 10.5 Å². The second kappa shape index (κ2) is 7.64. The van der Waals surface area contributed by atoms with Gasteiger partial charge in [0, 0.05) is 23.4 Å². The van der Waals surface area contributed by atoms with Gasteiger partial charge in [-0.2, -0.15) is 0 Å². The molecule has 0 saturated heterocycles. The molecule has 0 atom stereocenters. The fourth-order valence-electron chi connectivity index (χ4n) is 3.42. The van der Waals surface area contributed by atoms with Crippen molar-refractivity contribution in [1.29, 1.82) is 0 Å². The Kier molecular flexibility index (Phi) is 5.30. The Labute approximate surface area is 153 Å². The molecule has 0 radical (unpaired) electrons. The molecule has 0 aromatic carbocycles. The van der Waals surface area contributed by atoms with Crippen molar-refractivity contribution in [3.8, 4) is 5.75 Å². The minimum Gasteiger partial charge on any atom is -0.508 e. The van der Waals surface area contributed by atoms with Crippen LogP contribution in [0.15, 0.2) is 43.3 Å². The van der Waals surface area contributed by atoms with Crippen LogP contribution in [-0.4, -0.2) is 26.3 Å². The van der Waals surface area contributed by atoms with Gasteiger partial charge in [0.25, 0.3) is 0 Å². The SMILES string of the molecule is C=C/C=C(\C(=C)O)c1cn2c(N)nnc2cc1OCC1CCC(C)CC1. The number of aliphatic hydroxyl groups is 1. The van der Waals surface area contributed by atoms with Gasteiger partial charge >= 0.3 is 0 Å². The zero-order chi connectivity index (χ0) is 18.7. The van der Waals surface area contributed by atoms with Crippen molar-refractivity contribution in [1.82, 2.24) is 14.6 Å². The van der Waals surface area contributed by atoms with Gasteiger partial charge in [-0.3, -0.25) is 4.40 Å². The van der Waals surface area contributed by atoms with E-state index in [0.717, 1.165) is 5.92 Å². The summed E-state index contributed by atoms with van der Waals surface area (Å²) in [6.07, 6.45) is 9.91. The molecule has 0 bridgehead atoms. The number of nitrogen functional groups attached to an aromatic ring is 1. The normalized spacial score (nSPS) is 20.9. The van der Waals surface area contributed by atoms with E-state index >= 15 is 0 Å². The van der Waals surface area contributed by atoms with E-state index in [-0.39, 0.29) is 11.7 Å². The first-order chi connectivity index (χ1) is 12.5. The number of aliphatic hydroxyl groups excluding tert-OH is 1. The molecular formula is C20H26N4O2. The Morgan fingerprint density at radius 2 is 2.12 bits per heavy atom. The molecule has 26 heavy (non-hydrogen) atoms. The number of hydrogen-bond donors (Lipinski definition) is 2. The highest BCUT2D eigenvalue weighted by Gasteiger charge is 2.21. The van der Waals surface area contributed by atoms with Crippen molar-refractivity contribution in [2.24, 2.45) is 11.8 Å². The lowest BCUT2D eigenvalue weighted by Gasteiger charge is -2.26. The quantitative estimate of drug-likeness (QED) is 0.601. The summed E-state index contributed by atoms with van der Waals surface area (Å²) in [5.74, 6) is 2.19. The van der Waals surface area contributed by atoms with E-state index in [2.05, 4.69) is 30.3 Å². The largest absolute Gasteiger partial charge is 0.508 e. The Bertz CT molecular complexity index is 845. The van der Waals surface area contributed by atoms with Crippen LogP contribution >= 0.6 is 0 Å². The third-order valence-electron chi connectivity index (χ3n) is 5.03. The van der Waals surface area contributed by atoms with Crippen LogP contribution in [0.4, 0.5) is 5.95 Å². The van der Waals surface area contributed by atoms with Gasteiger partial charge in [-0.15, -0.1) is 10.2 Å². The Morgan fingerprint density at radius 3 is 2.77 bits per heavy atom. The summed E-state index contributed by atoms with van der Waals surface area (Å²) in [5.41, 5.74) is 7.68. The van der Waals surface area contributed by atoms with Crippen molar-refractivity contribution < 1.29 is 9.84 Å². The molecule has 1 fully saturated rings. The van der Waals surface area contributed by atoms with Gasteiger partial charge in [0.15, 0.2) is 5.65 Å². The van der Waals surface area contributed by atoms with Crippen LogP contribution in [0.2, 0.25) is 0 Å². The lowest BCUT2D eigenvalue weighted by atomic mass is 9.83. The van der Waals surface area contributed by atoms with Crippen molar-refractivity contribution in [3.63, 3.8) is 0 Å². The highest BCUT2D eigenvalue weighted by molar-refractivity contribution is 5.81. The molecule has 0 spiro atoms. The lowest BCUT2D eigenvalue weighted by molar-refractivity contribution is 0.187. The van der Waals surface area contributed by atoms with Crippen LogP contribution in [0.3, 0.4) is 0 Å². The molecule has 1 aliphatic carbocycles. The zero-order valence-electron chi connectivity index (χ0n) is 15.2. The standard InChI is InChI=1S/C20H26N4O2/c1-4-5-16(14(3)25)17-11-24-19(22-23-20(24)21)10-18(17)26-12-15-8-6-13(2)7-9-15/h4-5,10-11,13,15,25H,1,3,6-9,12H2,2H3,(H2,21,23)/b16-5+. The third-order valence-corrected chi connectivity index (χ3v) is 5.03. The molecule has 0 aliphatic heterocycles. The van der Waals surface area contributed by atoms with Crippen molar-refractivity contribution in [3.05, 3.63) is 48.9 Å². The maximum Gasteiger partial charge on any atom is 0.226 e. The molecule has 6 nitrogen and oxygen atoms in total. The number of aromatic nitrogens is 3. The number of fused-ring (bicyclic) bond motifs is 1. The fraction of sp³-hybridized carbons (Fsp3) is 0.400. The molecule has 1 saturated carbocycles. The highest BCUT2D eigenvalue weighted by Crippen LogP contribution is 2.33. The smallest absolute Gasteiger partial charge is 0.226 e. The van der Waals surface area contributed by atoms with Crippen molar-refractivity contribution >= 4 is 17.2 Å². The van der Waals surface area contributed by atoms with Gasteiger partial charge in [-0.25, -0.2) is 0 Å². The van der Waals surface area contributed by atoms with E-state index in [1.807, 2.05) is 0 Å². The first-order valence-corrected chi connectivity index (χ1v) is 8.98. The third kappa shape index (κ3) is 3.74. The van der Waals surface area contributed by atoms with E-state index in [1.54, 1.807) is 28.8 Å². The number of pyridine rings is 1. The summed E-state index contributed by atoms with van der Waals surface area (Å²) in [6, 6.07) is 1.80. The van der Waals surface area contributed by atoms with Crippen LogP contribution in [0.25, 0.3) is 11.2 Å². The average Bonchev–Trinajstić information content (AvgIpc) is 2.98. The monoisotopic (exact) mass is 354 g/mol. The zero-order valence-corrected chi connectivity index (χ0v) is 15.2. The number of allylic oxidation sites excluding steroid dienone is 3. The minimum absolute atomic E-state index is 0.0627. The summed E-state index contributed by atoms with van der Waals surface area (Å²) in [6.45, 7) is 10.3. The van der Waals surface area contributed by atoms with Gasteiger partial charge in [0.2, 0.25) is 5.95 Å². The Morgan fingerprint density at radius 1 is 1.38 bits per heavy atom. The Hall–Kier alpha value is -2.76. The van der Waals surface area contributed by atoms with Gasteiger partial charge < -0.3 is 15.6 Å². The maximum atomic E-state index is 10.0. The van der Waals surface area contributed by atoms with Crippen molar-refractivity contribution in [2.45, 2.75) is 32.6 Å². The number of hydrogen-bond acceptors (Lipinski definition) is 5. The molecule has 2 aromatic rings. The summed E-state index contributed by atoms with van der Waals surface area (Å²) in [4.78, 5) is 0. The first-order valence-electron chi connectivity index (χ1n) is 8.98. The number of nitrogens with two attached hydrogens (primary N) is 1. The lowest BCUT2D eigenvalue weighted by Crippen LogP contribution is -2.19. The number of anilines is 1. The predicted molar refractivity (Wildman–Crippen MR) is 104 cm³/mol. The molecule has 3 rings (SSSR count). The molecule has 3 N–H and O–H groups in total. The van der Waals surface area contributed by atoms with E-state index in [1.165, 1.54) is 25.7 Å². The topological polar surface area (TPSA) is 85.7 Å². The van der Waals surface area contributed by atoms with Crippen LogP contribution in [0.5, 0.6) is 5.75 Å². The summed E-state index contributed by atoms with van der Waals surface area (Å²) in [7, 11) is 0. The number of nitrogens with zero attached hydrogens (tertiary/aromatic N) is 3. The summed E-state index contributed by atoms with van der Waals surface area (Å²) in [5, 5.41) is 18.0. The van der Waals surface area contributed by atoms with Crippen molar-refractivity contribution in [2.75, 3.05) is 12.3 Å². The van der Waals surface area contributed by atoms with Crippen LogP contribution < -0.4 is 10.5 Å². The molecule has 1 aliphatic rings. The summed E-state index contributed by atoms with van der Waals surface area (Å²) >= 11 is 0. The highest BCUT2D eigenvalue weighted by atomic mass is 16.5. The fourth-order valence-corrected chi connectivity index (χ4v) is 3.42. The van der Waals surface area contributed by atoms with Gasteiger partial charge in [-0.1, -0.05) is 45.1 Å². The summed E-state index contributed by atoms with van der Waals surface area (Å²) < 4.78 is 7.81. The molecule has 0 amide bonds. The maximum absolute atomic E-state index is 10.0. The Balaban J connectivity index is 1.94. The second-order valence-electron chi connectivity index (χ2n) is 7.04. The van der Waals surface area contributed by atoms with Crippen LogP contribution in [0, 0.1) is 11.8 Å². The molecule has 2 heterocycles. The number of ether oxygens (including phenoxy) is 1. The molecule has 0 unspecified atom stereocenters. The van der Waals surface area contributed by atoms with Crippen LogP contribution in [0.1, 0.15) is 38.2 Å².